The third-order valence-electron chi connectivity index (χ3n) is 2.79. The van der Waals surface area contributed by atoms with Crippen LogP contribution in [0.4, 0.5) is 4.39 Å². The summed E-state index contributed by atoms with van der Waals surface area (Å²) < 4.78 is 14.3. The summed E-state index contributed by atoms with van der Waals surface area (Å²) in [7, 11) is 0. The molecule has 0 aromatic heterocycles. The van der Waals surface area contributed by atoms with Crippen LogP contribution in [0, 0.1) is 11.7 Å². The maximum absolute atomic E-state index is 13.8. The third-order valence-corrected chi connectivity index (χ3v) is 3.76. The molecule has 1 nitrogen and oxygen atoms in total. The summed E-state index contributed by atoms with van der Waals surface area (Å²) in [5, 5.41) is 3.80. The third kappa shape index (κ3) is 2.52. The first kappa shape index (κ1) is 11.4. The maximum atomic E-state index is 13.8. The zero-order chi connectivity index (χ0) is 10.8. The van der Waals surface area contributed by atoms with Crippen LogP contribution in [0.25, 0.3) is 0 Å². The Balaban J connectivity index is 2.22. The fourth-order valence-corrected chi connectivity index (χ4v) is 2.53. The molecule has 1 unspecified atom stereocenters. The number of hydrogen-bond acceptors (Lipinski definition) is 1. The first-order chi connectivity index (χ1) is 7.18. The van der Waals surface area contributed by atoms with Crippen LogP contribution in [0.3, 0.4) is 0 Å². The maximum Gasteiger partial charge on any atom is 0.142 e. The molecular weight excluding hydrogens is 280 g/mol. The minimum absolute atomic E-state index is 0.214. The van der Waals surface area contributed by atoms with E-state index in [1.54, 1.807) is 12.1 Å². The number of nitrogens with one attached hydrogen (secondary N) is 1. The average Bonchev–Trinajstić information content (AvgIpc) is 2.71. The predicted octanol–water partition coefficient (Wildman–Crippen LogP) is 3.39. The quantitative estimate of drug-likeness (QED) is 0.824. The van der Waals surface area contributed by atoms with E-state index in [4.69, 9.17) is 11.6 Å². The van der Waals surface area contributed by atoms with E-state index in [-0.39, 0.29) is 5.82 Å². The normalized spacial score (nSPS) is 20.9. The van der Waals surface area contributed by atoms with Crippen molar-refractivity contribution < 1.29 is 4.39 Å². The van der Waals surface area contributed by atoms with Crippen molar-refractivity contribution in [3.8, 4) is 0 Å². The number of hydrogen-bond donors (Lipinski definition) is 1. The first-order valence-corrected chi connectivity index (χ1v) is 6.18. The van der Waals surface area contributed by atoms with E-state index in [0.717, 1.165) is 25.9 Å². The highest BCUT2D eigenvalue weighted by Crippen LogP contribution is 2.29. The molecule has 82 valence electrons. The Morgan fingerprint density at radius 2 is 2.33 bits per heavy atom. The lowest BCUT2D eigenvalue weighted by Gasteiger charge is -2.11. The van der Waals surface area contributed by atoms with Crippen LogP contribution in [0.1, 0.15) is 12.0 Å². The van der Waals surface area contributed by atoms with Gasteiger partial charge in [-0.1, -0.05) is 11.6 Å². The van der Waals surface area contributed by atoms with Gasteiger partial charge in [0.05, 0.1) is 4.47 Å². The standard InChI is InChI=1S/C11H12BrClFN/c12-9-1-2-10(13)8(11(9)14)5-7-3-4-15-6-7/h1-2,7,15H,3-6H2. The molecule has 1 fully saturated rings. The molecule has 0 spiro atoms. The predicted molar refractivity (Wildman–Crippen MR) is 63.8 cm³/mol. The summed E-state index contributed by atoms with van der Waals surface area (Å²) in [4.78, 5) is 0. The Bertz CT molecular complexity index is 364. The van der Waals surface area contributed by atoms with Crippen molar-refractivity contribution >= 4 is 27.5 Å². The van der Waals surface area contributed by atoms with Gasteiger partial charge in [0.25, 0.3) is 0 Å². The van der Waals surface area contributed by atoms with E-state index >= 15 is 0 Å². The first-order valence-electron chi connectivity index (χ1n) is 5.01. The zero-order valence-corrected chi connectivity index (χ0v) is 10.5. The van der Waals surface area contributed by atoms with E-state index in [0.29, 0.717) is 21.0 Å². The topological polar surface area (TPSA) is 12.0 Å². The Morgan fingerprint density at radius 3 is 3.00 bits per heavy atom. The molecule has 0 amide bonds. The lowest BCUT2D eigenvalue weighted by molar-refractivity contribution is 0.541. The molecule has 0 aliphatic carbocycles. The van der Waals surface area contributed by atoms with Gasteiger partial charge in [-0.05, 0) is 59.9 Å². The van der Waals surface area contributed by atoms with Gasteiger partial charge in [0.2, 0.25) is 0 Å². The minimum Gasteiger partial charge on any atom is -0.316 e. The van der Waals surface area contributed by atoms with Crippen molar-refractivity contribution in [2.45, 2.75) is 12.8 Å². The van der Waals surface area contributed by atoms with Gasteiger partial charge in [-0.15, -0.1) is 0 Å². The molecule has 0 saturated carbocycles. The van der Waals surface area contributed by atoms with Crippen LogP contribution in [-0.4, -0.2) is 13.1 Å². The number of benzene rings is 1. The Morgan fingerprint density at radius 1 is 1.53 bits per heavy atom. The van der Waals surface area contributed by atoms with E-state index in [2.05, 4.69) is 21.2 Å². The minimum atomic E-state index is -0.214. The van der Waals surface area contributed by atoms with Gasteiger partial charge in [0.15, 0.2) is 0 Å². The van der Waals surface area contributed by atoms with Crippen LogP contribution in [0.5, 0.6) is 0 Å². The lowest BCUT2D eigenvalue weighted by Crippen LogP contribution is -2.11. The van der Waals surface area contributed by atoms with Crippen molar-refractivity contribution in [1.82, 2.24) is 5.32 Å². The van der Waals surface area contributed by atoms with Crippen LogP contribution >= 0.6 is 27.5 Å². The molecular formula is C11H12BrClFN. The number of rotatable bonds is 2. The van der Waals surface area contributed by atoms with E-state index in [9.17, 15) is 4.39 Å². The van der Waals surface area contributed by atoms with E-state index < -0.39 is 0 Å². The van der Waals surface area contributed by atoms with Crippen LogP contribution in [-0.2, 0) is 6.42 Å². The van der Waals surface area contributed by atoms with E-state index in [1.165, 1.54) is 0 Å². The summed E-state index contributed by atoms with van der Waals surface area (Å²) in [6.07, 6.45) is 1.82. The van der Waals surface area contributed by atoms with Crippen molar-refractivity contribution in [2.75, 3.05) is 13.1 Å². The molecule has 4 heteroatoms. The monoisotopic (exact) mass is 291 g/mol. The molecule has 1 heterocycles. The molecule has 1 atom stereocenters. The molecule has 0 bridgehead atoms. The van der Waals surface area contributed by atoms with Gasteiger partial charge in [0.1, 0.15) is 5.82 Å². The highest BCUT2D eigenvalue weighted by Gasteiger charge is 2.19. The second kappa shape index (κ2) is 4.81. The molecule has 1 aliphatic rings. The van der Waals surface area contributed by atoms with Gasteiger partial charge in [-0.25, -0.2) is 4.39 Å². The highest BCUT2D eigenvalue weighted by atomic mass is 79.9. The lowest BCUT2D eigenvalue weighted by atomic mass is 9.98. The molecule has 15 heavy (non-hydrogen) atoms. The fourth-order valence-electron chi connectivity index (χ4n) is 1.93. The second-order valence-electron chi connectivity index (χ2n) is 3.88. The Kier molecular flexibility index (Phi) is 3.65. The molecule has 1 aromatic carbocycles. The van der Waals surface area contributed by atoms with Crippen LogP contribution < -0.4 is 5.32 Å². The molecule has 1 aliphatic heterocycles. The van der Waals surface area contributed by atoms with Crippen molar-refractivity contribution in [3.05, 3.63) is 33.0 Å². The molecule has 1 saturated heterocycles. The molecule has 1 aromatic rings. The van der Waals surface area contributed by atoms with E-state index in [1.807, 2.05) is 0 Å². The molecule has 0 radical (unpaired) electrons. The summed E-state index contributed by atoms with van der Waals surface area (Å²) in [5.41, 5.74) is 0.639. The Labute approximate surface area is 102 Å². The van der Waals surface area contributed by atoms with Crippen LogP contribution in [0.2, 0.25) is 5.02 Å². The second-order valence-corrected chi connectivity index (χ2v) is 5.15. The zero-order valence-electron chi connectivity index (χ0n) is 8.19. The Hall–Kier alpha value is -0.120. The van der Waals surface area contributed by atoms with Crippen molar-refractivity contribution in [1.29, 1.82) is 0 Å². The largest absolute Gasteiger partial charge is 0.316 e. The SMILES string of the molecule is Fc1c(Br)ccc(Cl)c1CC1CCNC1. The summed E-state index contributed by atoms with van der Waals surface area (Å²) in [6, 6.07) is 3.39. The van der Waals surface area contributed by atoms with Gasteiger partial charge in [0, 0.05) is 10.6 Å². The van der Waals surface area contributed by atoms with Crippen molar-refractivity contribution in [2.24, 2.45) is 5.92 Å². The summed E-state index contributed by atoms with van der Waals surface area (Å²) in [5.74, 6) is 0.292. The average molecular weight is 293 g/mol. The van der Waals surface area contributed by atoms with Gasteiger partial charge in [-0.3, -0.25) is 0 Å². The summed E-state index contributed by atoms with van der Waals surface area (Å²) in [6.45, 7) is 1.99. The number of halogens is 3. The van der Waals surface area contributed by atoms with Crippen LogP contribution in [0.15, 0.2) is 16.6 Å². The van der Waals surface area contributed by atoms with Crippen molar-refractivity contribution in [3.63, 3.8) is 0 Å². The highest BCUT2D eigenvalue weighted by molar-refractivity contribution is 9.10. The van der Waals surface area contributed by atoms with Gasteiger partial charge in [-0.2, -0.15) is 0 Å². The molecule has 1 N–H and O–H groups in total. The van der Waals surface area contributed by atoms with Gasteiger partial charge < -0.3 is 5.32 Å². The van der Waals surface area contributed by atoms with Gasteiger partial charge >= 0.3 is 0 Å². The fraction of sp³-hybridized carbons (Fsp3) is 0.455. The summed E-state index contributed by atoms with van der Waals surface area (Å²) >= 11 is 9.18. The smallest absolute Gasteiger partial charge is 0.142 e. The molecule has 2 rings (SSSR count).